The summed E-state index contributed by atoms with van der Waals surface area (Å²) >= 11 is 0. The average Bonchev–Trinajstić information content (AvgIpc) is 3.08. The lowest BCUT2D eigenvalue weighted by Gasteiger charge is -2.55. The lowest BCUT2D eigenvalue weighted by Crippen LogP contribution is -2.64. The smallest absolute Gasteiger partial charge is 0.134 e. The number of ketones is 2. The number of ether oxygens (including phenoxy) is 1. The number of epoxide rings is 1. The zero-order valence-electron chi connectivity index (χ0n) is 12.7. The number of rotatable bonds is 2. The van der Waals surface area contributed by atoms with Gasteiger partial charge < -0.3 is 9.84 Å². The number of hydrogen-bond donors (Lipinski definition) is 1. The summed E-state index contributed by atoms with van der Waals surface area (Å²) in [5.41, 5.74) is -1.03. The number of aliphatic hydroxyl groups excluding tert-OH is 1. The van der Waals surface area contributed by atoms with Gasteiger partial charge in [-0.05, 0) is 39.0 Å². The second-order valence-corrected chi connectivity index (χ2v) is 7.22. The molecule has 1 saturated heterocycles. The Kier molecular flexibility index (Phi) is 2.94. The summed E-state index contributed by atoms with van der Waals surface area (Å²) in [5.74, 6) is -0.364. The SMILES string of the molecule is CC(=O)[C@H]1C[C@H](O)[C@]23O[C@H]2CC[C@H](C)[C@@]3(C)[C@H]1C(C)=O. The molecule has 1 N–H and O–H groups in total. The second kappa shape index (κ2) is 4.14. The van der Waals surface area contributed by atoms with Crippen molar-refractivity contribution < 1.29 is 19.4 Å². The quantitative estimate of drug-likeness (QED) is 0.782. The largest absolute Gasteiger partial charge is 0.390 e. The Morgan fingerprint density at radius 1 is 1.20 bits per heavy atom. The molecule has 1 aliphatic heterocycles. The third-order valence-electron chi connectivity index (χ3n) is 6.47. The molecule has 4 nitrogen and oxygen atoms in total. The van der Waals surface area contributed by atoms with Gasteiger partial charge in [-0.2, -0.15) is 0 Å². The summed E-state index contributed by atoms with van der Waals surface area (Å²) in [5, 5.41) is 10.6. The van der Waals surface area contributed by atoms with Crippen molar-refractivity contribution in [1.82, 2.24) is 0 Å². The number of carbonyl (C=O) groups is 2. The van der Waals surface area contributed by atoms with Crippen molar-refractivity contribution in [3.05, 3.63) is 0 Å². The molecule has 0 unspecified atom stereocenters. The van der Waals surface area contributed by atoms with E-state index in [2.05, 4.69) is 13.8 Å². The molecule has 0 aromatic rings. The molecule has 0 amide bonds. The first-order chi connectivity index (χ1) is 9.26. The molecule has 0 radical (unpaired) electrons. The predicted molar refractivity (Wildman–Crippen MR) is 73.1 cm³/mol. The summed E-state index contributed by atoms with van der Waals surface area (Å²) < 4.78 is 5.95. The van der Waals surface area contributed by atoms with Gasteiger partial charge in [0.15, 0.2) is 0 Å². The molecule has 7 atom stereocenters. The molecule has 20 heavy (non-hydrogen) atoms. The van der Waals surface area contributed by atoms with Crippen LogP contribution in [-0.2, 0) is 14.3 Å². The normalized spacial score (nSPS) is 53.8. The van der Waals surface area contributed by atoms with E-state index in [0.717, 1.165) is 12.8 Å². The summed E-state index contributed by atoms with van der Waals surface area (Å²) in [6.07, 6.45) is 1.73. The minimum absolute atomic E-state index is 0.00954. The van der Waals surface area contributed by atoms with Crippen LogP contribution in [0.25, 0.3) is 0 Å². The van der Waals surface area contributed by atoms with Gasteiger partial charge in [0, 0.05) is 17.3 Å². The average molecular weight is 280 g/mol. The second-order valence-electron chi connectivity index (χ2n) is 7.22. The van der Waals surface area contributed by atoms with Gasteiger partial charge in [0.1, 0.15) is 17.2 Å². The van der Waals surface area contributed by atoms with Gasteiger partial charge in [-0.15, -0.1) is 0 Å². The fourth-order valence-electron chi connectivity index (χ4n) is 5.31. The molecule has 3 aliphatic rings. The Morgan fingerprint density at radius 2 is 1.85 bits per heavy atom. The zero-order chi connectivity index (χ0) is 14.9. The standard InChI is InChI=1S/C16H24O4/c1-8-5-6-13-16(20-13)12(19)7-11(9(2)17)14(10(3)18)15(8,16)4/h8,11-14,19H,5-7H2,1-4H3/t8-,11+,12-,13-,14-,15-,16-/m0/s1. The van der Waals surface area contributed by atoms with Crippen molar-refractivity contribution in [2.24, 2.45) is 23.2 Å². The lowest BCUT2D eigenvalue weighted by molar-refractivity contribution is -0.164. The molecule has 0 aromatic carbocycles. The van der Waals surface area contributed by atoms with Crippen LogP contribution in [0.4, 0.5) is 0 Å². The van der Waals surface area contributed by atoms with E-state index < -0.39 is 17.1 Å². The zero-order valence-corrected chi connectivity index (χ0v) is 12.7. The minimum Gasteiger partial charge on any atom is -0.390 e. The van der Waals surface area contributed by atoms with Crippen molar-refractivity contribution in [3.63, 3.8) is 0 Å². The van der Waals surface area contributed by atoms with E-state index in [1.54, 1.807) is 6.92 Å². The van der Waals surface area contributed by atoms with Crippen LogP contribution in [0.3, 0.4) is 0 Å². The van der Waals surface area contributed by atoms with Gasteiger partial charge in [0.05, 0.1) is 12.2 Å². The van der Waals surface area contributed by atoms with Crippen molar-refractivity contribution >= 4 is 11.6 Å². The lowest BCUT2D eigenvalue weighted by atomic mass is 9.46. The van der Waals surface area contributed by atoms with Gasteiger partial charge in [0.25, 0.3) is 0 Å². The van der Waals surface area contributed by atoms with Crippen molar-refractivity contribution in [2.45, 2.75) is 64.8 Å². The van der Waals surface area contributed by atoms with E-state index in [0.29, 0.717) is 6.42 Å². The van der Waals surface area contributed by atoms with Crippen LogP contribution in [0, 0.1) is 23.2 Å². The van der Waals surface area contributed by atoms with Gasteiger partial charge in [-0.3, -0.25) is 9.59 Å². The van der Waals surface area contributed by atoms with Gasteiger partial charge >= 0.3 is 0 Å². The van der Waals surface area contributed by atoms with Crippen LogP contribution in [-0.4, -0.2) is 34.5 Å². The highest BCUT2D eigenvalue weighted by Gasteiger charge is 2.78. The third-order valence-corrected chi connectivity index (χ3v) is 6.47. The fourth-order valence-corrected chi connectivity index (χ4v) is 5.31. The maximum Gasteiger partial charge on any atom is 0.134 e. The molecule has 3 rings (SSSR count). The number of aliphatic hydroxyl groups is 1. The van der Waals surface area contributed by atoms with Gasteiger partial charge in [-0.25, -0.2) is 0 Å². The van der Waals surface area contributed by atoms with E-state index in [4.69, 9.17) is 4.74 Å². The van der Waals surface area contributed by atoms with E-state index in [-0.39, 0.29) is 35.4 Å². The molecule has 1 heterocycles. The molecular formula is C16H24O4. The van der Waals surface area contributed by atoms with Crippen LogP contribution in [0.1, 0.15) is 47.0 Å². The Hall–Kier alpha value is -0.740. The van der Waals surface area contributed by atoms with Crippen LogP contribution in [0.5, 0.6) is 0 Å². The minimum atomic E-state index is -0.634. The monoisotopic (exact) mass is 280 g/mol. The molecule has 0 aromatic heterocycles. The fraction of sp³-hybridized carbons (Fsp3) is 0.875. The van der Waals surface area contributed by atoms with E-state index in [9.17, 15) is 14.7 Å². The number of carbonyl (C=O) groups excluding carboxylic acids is 2. The molecule has 2 aliphatic carbocycles. The molecule has 112 valence electrons. The van der Waals surface area contributed by atoms with Gasteiger partial charge in [0.2, 0.25) is 0 Å². The summed E-state index contributed by atoms with van der Waals surface area (Å²) in [7, 11) is 0. The molecule has 4 heteroatoms. The first kappa shape index (κ1) is 14.2. The summed E-state index contributed by atoms with van der Waals surface area (Å²) in [4.78, 5) is 24.3. The van der Waals surface area contributed by atoms with Gasteiger partial charge in [-0.1, -0.05) is 13.8 Å². The highest BCUT2D eigenvalue weighted by molar-refractivity contribution is 5.89. The van der Waals surface area contributed by atoms with Crippen LogP contribution >= 0.6 is 0 Å². The van der Waals surface area contributed by atoms with E-state index >= 15 is 0 Å². The third kappa shape index (κ3) is 1.44. The van der Waals surface area contributed by atoms with Crippen molar-refractivity contribution in [3.8, 4) is 0 Å². The Morgan fingerprint density at radius 3 is 2.40 bits per heavy atom. The van der Waals surface area contributed by atoms with Crippen LogP contribution in [0.15, 0.2) is 0 Å². The van der Waals surface area contributed by atoms with Crippen molar-refractivity contribution in [2.75, 3.05) is 0 Å². The van der Waals surface area contributed by atoms with Crippen LogP contribution in [0.2, 0.25) is 0 Å². The van der Waals surface area contributed by atoms with E-state index in [1.807, 2.05) is 0 Å². The number of hydrogen-bond acceptors (Lipinski definition) is 4. The first-order valence-corrected chi connectivity index (χ1v) is 7.63. The summed E-state index contributed by atoms with van der Waals surface area (Å²) in [6, 6.07) is 0. The molecule has 3 fully saturated rings. The predicted octanol–water partition coefficient (Wildman–Crippen LogP) is 1.74. The highest BCUT2D eigenvalue weighted by atomic mass is 16.6. The molecule has 1 spiro atoms. The maximum atomic E-state index is 12.3. The van der Waals surface area contributed by atoms with Crippen LogP contribution < -0.4 is 0 Å². The van der Waals surface area contributed by atoms with E-state index in [1.165, 1.54) is 6.92 Å². The first-order valence-electron chi connectivity index (χ1n) is 7.63. The number of Topliss-reactive ketones (excluding diaryl/α,β-unsaturated/α-hetero) is 2. The highest BCUT2D eigenvalue weighted by Crippen LogP contribution is 2.69. The molecule has 0 bridgehead atoms. The Labute approximate surface area is 119 Å². The Balaban J connectivity index is 2.12. The topological polar surface area (TPSA) is 66.9 Å². The maximum absolute atomic E-state index is 12.3. The molecular weight excluding hydrogens is 256 g/mol. The molecule has 2 saturated carbocycles. The van der Waals surface area contributed by atoms with Crippen molar-refractivity contribution in [1.29, 1.82) is 0 Å². The summed E-state index contributed by atoms with van der Waals surface area (Å²) in [6.45, 7) is 7.30. The Bertz CT molecular complexity index is 473.